The molecular weight excluding hydrogens is 366 g/mol. The van der Waals surface area contributed by atoms with Crippen LogP contribution in [0.1, 0.15) is 32.7 Å². The third kappa shape index (κ3) is 3.13. The zero-order valence-electron chi connectivity index (χ0n) is 14.5. The number of nitrogens with one attached hydrogen (secondary N) is 1. The van der Waals surface area contributed by atoms with Crippen LogP contribution in [0, 0.1) is 13.8 Å². The maximum Gasteiger partial charge on any atom is 0.256 e. The minimum Gasteiger partial charge on any atom is -0.306 e. The predicted octanol–water partition coefficient (Wildman–Crippen LogP) is 5.14. The first-order chi connectivity index (χ1) is 12.5. The lowest BCUT2D eigenvalue weighted by atomic mass is 10.1. The van der Waals surface area contributed by atoms with Crippen LogP contribution in [0.4, 0.5) is 5.82 Å². The average molecular weight is 384 g/mol. The zero-order chi connectivity index (χ0) is 18.3. The van der Waals surface area contributed by atoms with Crippen molar-refractivity contribution in [2.75, 3.05) is 5.32 Å². The van der Waals surface area contributed by atoms with Crippen LogP contribution < -0.4 is 5.32 Å². The number of aromatic nitrogens is 2. The van der Waals surface area contributed by atoms with Gasteiger partial charge in [0.15, 0.2) is 0 Å². The molecule has 3 aromatic rings. The Balaban J connectivity index is 1.75. The van der Waals surface area contributed by atoms with E-state index in [2.05, 4.69) is 37.4 Å². The van der Waals surface area contributed by atoms with Crippen LogP contribution in [0.3, 0.4) is 0 Å². The lowest BCUT2D eigenvalue weighted by Crippen LogP contribution is -2.16. The highest BCUT2D eigenvalue weighted by Gasteiger charge is 2.25. The van der Waals surface area contributed by atoms with Crippen LogP contribution in [0.15, 0.2) is 42.5 Å². The lowest BCUT2D eigenvalue weighted by Gasteiger charge is -2.13. The molecule has 26 heavy (non-hydrogen) atoms. The molecule has 132 valence electrons. The molecule has 0 atom stereocenters. The molecule has 4 nitrogen and oxygen atoms in total. The number of carbonyl (C=O) groups excluding carboxylic acids is 1. The number of carbonyl (C=O) groups is 1. The number of amides is 1. The quantitative estimate of drug-likeness (QED) is 0.681. The van der Waals surface area contributed by atoms with Gasteiger partial charge in [-0.15, -0.1) is 0 Å². The highest BCUT2D eigenvalue weighted by Crippen LogP contribution is 2.36. The van der Waals surface area contributed by atoms with E-state index < -0.39 is 0 Å². The first-order valence-corrected chi connectivity index (χ1v) is 9.89. The smallest absolute Gasteiger partial charge is 0.256 e. The molecule has 0 bridgehead atoms. The Morgan fingerprint density at radius 3 is 2.65 bits per heavy atom. The molecule has 0 saturated heterocycles. The highest BCUT2D eigenvalue weighted by atomic mass is 35.5. The van der Waals surface area contributed by atoms with Gasteiger partial charge in [0, 0.05) is 27.7 Å². The van der Waals surface area contributed by atoms with E-state index in [9.17, 15) is 4.79 Å². The topological polar surface area (TPSA) is 46.9 Å². The van der Waals surface area contributed by atoms with Gasteiger partial charge < -0.3 is 5.32 Å². The Labute approximate surface area is 161 Å². The van der Waals surface area contributed by atoms with Gasteiger partial charge in [-0.05, 0) is 49.7 Å². The number of hydrogen-bond acceptors (Lipinski definition) is 3. The summed E-state index contributed by atoms with van der Waals surface area (Å²) in [5.74, 6) is 2.33. The SMILES string of the molecule is Cc1ccc(-n2nc3c(c2NC(=O)c2ccc(Cl)cc2)CSC3)c(C)c1. The summed E-state index contributed by atoms with van der Waals surface area (Å²) < 4.78 is 1.87. The van der Waals surface area contributed by atoms with E-state index in [1.165, 1.54) is 5.56 Å². The molecule has 6 heteroatoms. The number of fused-ring (bicyclic) bond motifs is 1. The summed E-state index contributed by atoms with van der Waals surface area (Å²) in [4.78, 5) is 12.7. The first kappa shape index (κ1) is 17.2. The van der Waals surface area contributed by atoms with E-state index in [0.717, 1.165) is 39.8 Å². The Morgan fingerprint density at radius 1 is 1.15 bits per heavy atom. The molecule has 4 rings (SSSR count). The standard InChI is InChI=1S/C20H18ClN3OS/c1-12-3-8-18(13(2)9-12)24-19(16-10-26-11-17(16)23-24)22-20(25)14-4-6-15(21)7-5-14/h3-9H,10-11H2,1-2H3,(H,22,25). The minimum atomic E-state index is -0.160. The van der Waals surface area contributed by atoms with Crippen molar-refractivity contribution in [3.05, 3.63) is 75.4 Å². The minimum absolute atomic E-state index is 0.160. The summed E-state index contributed by atoms with van der Waals surface area (Å²) in [6.45, 7) is 4.13. The van der Waals surface area contributed by atoms with Gasteiger partial charge in [-0.25, -0.2) is 4.68 Å². The lowest BCUT2D eigenvalue weighted by molar-refractivity contribution is 0.102. The van der Waals surface area contributed by atoms with Crippen LogP contribution in [0.5, 0.6) is 0 Å². The fourth-order valence-corrected chi connectivity index (χ4v) is 4.30. The van der Waals surface area contributed by atoms with Crippen molar-refractivity contribution in [2.24, 2.45) is 0 Å². The molecule has 2 heterocycles. The third-order valence-electron chi connectivity index (χ3n) is 4.47. The molecule has 1 N–H and O–H groups in total. The van der Waals surface area contributed by atoms with E-state index >= 15 is 0 Å². The molecule has 0 unspecified atom stereocenters. The number of benzene rings is 2. The van der Waals surface area contributed by atoms with Gasteiger partial charge in [0.2, 0.25) is 0 Å². The molecule has 0 aliphatic carbocycles. The second kappa shape index (κ2) is 6.82. The molecule has 2 aromatic carbocycles. The van der Waals surface area contributed by atoms with Gasteiger partial charge in [0.1, 0.15) is 5.82 Å². The number of nitrogens with zero attached hydrogens (tertiary/aromatic N) is 2. The van der Waals surface area contributed by atoms with Crippen LogP contribution in [-0.2, 0) is 11.5 Å². The van der Waals surface area contributed by atoms with E-state index in [-0.39, 0.29) is 5.91 Å². The zero-order valence-corrected chi connectivity index (χ0v) is 16.1. The molecule has 0 fully saturated rings. The number of halogens is 1. The van der Waals surface area contributed by atoms with Gasteiger partial charge in [-0.1, -0.05) is 29.3 Å². The van der Waals surface area contributed by atoms with Crippen LogP contribution in [0.25, 0.3) is 5.69 Å². The van der Waals surface area contributed by atoms with E-state index in [4.69, 9.17) is 16.7 Å². The van der Waals surface area contributed by atoms with Crippen LogP contribution >= 0.6 is 23.4 Å². The van der Waals surface area contributed by atoms with E-state index in [0.29, 0.717) is 10.6 Å². The number of hydrogen-bond donors (Lipinski definition) is 1. The van der Waals surface area contributed by atoms with Gasteiger partial charge in [0.25, 0.3) is 5.91 Å². The first-order valence-electron chi connectivity index (χ1n) is 8.36. The van der Waals surface area contributed by atoms with Crippen molar-refractivity contribution in [3.8, 4) is 5.69 Å². The molecule has 0 radical (unpaired) electrons. The normalized spacial score (nSPS) is 12.9. The van der Waals surface area contributed by atoms with Crippen molar-refractivity contribution < 1.29 is 4.79 Å². The van der Waals surface area contributed by atoms with Crippen LogP contribution in [0.2, 0.25) is 5.02 Å². The van der Waals surface area contributed by atoms with Crippen molar-refractivity contribution >= 4 is 35.1 Å². The van der Waals surface area contributed by atoms with Gasteiger partial charge in [-0.2, -0.15) is 16.9 Å². The Bertz CT molecular complexity index is 995. The molecule has 1 aromatic heterocycles. The van der Waals surface area contributed by atoms with Crippen molar-refractivity contribution in [2.45, 2.75) is 25.4 Å². The number of anilines is 1. The fraction of sp³-hybridized carbons (Fsp3) is 0.200. The number of rotatable bonds is 3. The summed E-state index contributed by atoms with van der Waals surface area (Å²) in [6, 6.07) is 13.1. The molecular formula is C20H18ClN3OS. The molecule has 1 aliphatic heterocycles. The summed E-state index contributed by atoms with van der Waals surface area (Å²) >= 11 is 7.74. The number of aryl methyl sites for hydroxylation is 2. The summed E-state index contributed by atoms with van der Waals surface area (Å²) in [5.41, 5.74) is 6.04. The maximum atomic E-state index is 12.7. The summed E-state index contributed by atoms with van der Waals surface area (Å²) in [6.07, 6.45) is 0. The molecule has 1 amide bonds. The van der Waals surface area contributed by atoms with Gasteiger partial charge in [0.05, 0.1) is 11.4 Å². The molecule has 0 spiro atoms. The average Bonchev–Trinajstić information content (AvgIpc) is 3.18. The Hall–Kier alpha value is -2.24. The fourth-order valence-electron chi connectivity index (χ4n) is 3.14. The van der Waals surface area contributed by atoms with Crippen molar-refractivity contribution in [3.63, 3.8) is 0 Å². The monoisotopic (exact) mass is 383 g/mol. The largest absolute Gasteiger partial charge is 0.306 e. The number of thioether (sulfide) groups is 1. The van der Waals surface area contributed by atoms with Gasteiger partial charge in [-0.3, -0.25) is 4.79 Å². The maximum absolute atomic E-state index is 12.7. The van der Waals surface area contributed by atoms with Crippen LogP contribution in [-0.4, -0.2) is 15.7 Å². The van der Waals surface area contributed by atoms with E-state index in [1.54, 1.807) is 24.3 Å². The second-order valence-corrected chi connectivity index (χ2v) is 7.85. The van der Waals surface area contributed by atoms with Gasteiger partial charge >= 0.3 is 0 Å². The summed E-state index contributed by atoms with van der Waals surface area (Å²) in [5, 5.41) is 8.45. The highest BCUT2D eigenvalue weighted by molar-refractivity contribution is 7.98. The third-order valence-corrected chi connectivity index (χ3v) is 5.69. The van der Waals surface area contributed by atoms with E-state index in [1.807, 2.05) is 16.4 Å². The van der Waals surface area contributed by atoms with Crippen molar-refractivity contribution in [1.82, 2.24) is 9.78 Å². The predicted molar refractivity (Wildman–Crippen MR) is 107 cm³/mol. The Kier molecular flexibility index (Phi) is 4.51. The van der Waals surface area contributed by atoms with Crippen molar-refractivity contribution in [1.29, 1.82) is 0 Å². The molecule has 1 aliphatic rings. The summed E-state index contributed by atoms with van der Waals surface area (Å²) in [7, 11) is 0. The Morgan fingerprint density at radius 2 is 1.92 bits per heavy atom. The molecule has 0 saturated carbocycles. The second-order valence-electron chi connectivity index (χ2n) is 6.43.